The van der Waals surface area contributed by atoms with Gasteiger partial charge in [0.05, 0.1) is 0 Å². The second-order valence-corrected chi connectivity index (χ2v) is 6.07. The van der Waals surface area contributed by atoms with E-state index in [1.807, 2.05) is 0 Å². The summed E-state index contributed by atoms with van der Waals surface area (Å²) in [7, 11) is -4.67. The van der Waals surface area contributed by atoms with E-state index in [1.165, 1.54) is 56.9 Å². The summed E-state index contributed by atoms with van der Waals surface area (Å²) in [5, 5.41) is 0. The molecule has 0 amide bonds. The van der Waals surface area contributed by atoms with Gasteiger partial charge in [-0.05, 0) is 18.4 Å². The summed E-state index contributed by atoms with van der Waals surface area (Å²) in [5.41, 5.74) is 1.32. The minimum Gasteiger partial charge on any atom is -0.264 e. The smallest absolute Gasteiger partial charge is 0.264 e. The molecule has 0 aromatic heterocycles. The molecule has 0 unspecified atom stereocenters. The zero-order valence-corrected chi connectivity index (χ0v) is 14.1. The lowest BCUT2D eigenvalue weighted by molar-refractivity contribution is 0.381. The van der Waals surface area contributed by atoms with Crippen LogP contribution in [0.15, 0.2) is 36.4 Å². The first-order chi connectivity index (χ1) is 10.4. The van der Waals surface area contributed by atoms with E-state index in [0.29, 0.717) is 0 Å². The van der Waals surface area contributed by atoms with Crippen LogP contribution in [0.4, 0.5) is 0 Å². The van der Waals surface area contributed by atoms with Gasteiger partial charge in [0.2, 0.25) is 0 Å². The number of hydrogen-bond acceptors (Lipinski definition) is 2. The summed E-state index contributed by atoms with van der Waals surface area (Å²) in [6, 6.07) is 10.6. The van der Waals surface area contributed by atoms with Crippen LogP contribution in [0, 0.1) is 0 Å². The van der Waals surface area contributed by atoms with Gasteiger partial charge in [-0.15, -0.1) is 0 Å². The average molecular weight is 328 g/mol. The molecule has 4 nitrogen and oxygen atoms in total. The maximum absolute atomic E-state index is 8.74. The van der Waals surface area contributed by atoms with E-state index in [2.05, 4.69) is 49.4 Å². The molecule has 0 atom stereocenters. The van der Waals surface area contributed by atoms with Gasteiger partial charge in [0.15, 0.2) is 0 Å². The van der Waals surface area contributed by atoms with Gasteiger partial charge in [-0.1, -0.05) is 87.9 Å². The Kier molecular flexibility index (Phi) is 12.8. The van der Waals surface area contributed by atoms with Gasteiger partial charge in [0.1, 0.15) is 0 Å². The number of rotatable bonds is 9. The van der Waals surface area contributed by atoms with E-state index in [1.54, 1.807) is 0 Å². The summed E-state index contributed by atoms with van der Waals surface area (Å²) >= 11 is 0. The molecule has 0 saturated carbocycles. The van der Waals surface area contributed by atoms with Gasteiger partial charge >= 0.3 is 10.4 Å². The van der Waals surface area contributed by atoms with E-state index >= 15 is 0 Å². The van der Waals surface area contributed by atoms with Crippen molar-refractivity contribution < 1.29 is 17.5 Å². The normalized spacial score (nSPS) is 11.2. The topological polar surface area (TPSA) is 74.6 Å². The van der Waals surface area contributed by atoms with E-state index in [9.17, 15) is 0 Å². The molecule has 0 aliphatic rings. The summed E-state index contributed by atoms with van der Waals surface area (Å²) in [4.78, 5) is 0. The molecule has 0 bridgehead atoms. The summed E-state index contributed by atoms with van der Waals surface area (Å²) in [6.07, 6.45) is 15.5. The van der Waals surface area contributed by atoms with E-state index < -0.39 is 10.4 Å². The Labute approximate surface area is 134 Å². The van der Waals surface area contributed by atoms with Crippen molar-refractivity contribution in [2.75, 3.05) is 0 Å². The third-order valence-electron chi connectivity index (χ3n) is 3.08. The Hall–Kier alpha value is -1.17. The highest BCUT2D eigenvalue weighted by molar-refractivity contribution is 7.79. The third kappa shape index (κ3) is 18.8. The molecular formula is C17H28O4S. The molecule has 0 radical (unpaired) electrons. The fraction of sp³-hybridized carbons (Fsp3) is 0.529. The van der Waals surface area contributed by atoms with Crippen LogP contribution in [0.25, 0.3) is 6.08 Å². The Morgan fingerprint density at radius 3 is 1.95 bits per heavy atom. The predicted molar refractivity (Wildman–Crippen MR) is 92.3 cm³/mol. The van der Waals surface area contributed by atoms with Gasteiger partial charge in [-0.2, -0.15) is 8.42 Å². The van der Waals surface area contributed by atoms with Crippen LogP contribution in [-0.4, -0.2) is 17.5 Å². The molecule has 1 aromatic carbocycles. The van der Waals surface area contributed by atoms with Crippen LogP contribution in [0.3, 0.4) is 0 Å². The van der Waals surface area contributed by atoms with Crippen LogP contribution in [-0.2, 0) is 10.4 Å². The number of allylic oxidation sites excluding steroid dienone is 1. The lowest BCUT2D eigenvalue weighted by atomic mass is 10.1. The highest BCUT2D eigenvalue weighted by Gasteiger charge is 1.89. The van der Waals surface area contributed by atoms with Gasteiger partial charge < -0.3 is 0 Å². The highest BCUT2D eigenvalue weighted by atomic mass is 32.3. The first-order valence-electron chi connectivity index (χ1n) is 7.85. The van der Waals surface area contributed by atoms with Crippen molar-refractivity contribution in [2.24, 2.45) is 0 Å². The average Bonchev–Trinajstić information content (AvgIpc) is 2.45. The summed E-state index contributed by atoms with van der Waals surface area (Å²) < 4.78 is 31.6. The summed E-state index contributed by atoms with van der Waals surface area (Å²) in [6.45, 7) is 2.27. The van der Waals surface area contributed by atoms with Crippen molar-refractivity contribution in [3.63, 3.8) is 0 Å². The molecule has 0 aliphatic carbocycles. The molecule has 0 spiro atoms. The van der Waals surface area contributed by atoms with Gasteiger partial charge in [-0.3, -0.25) is 9.11 Å². The molecule has 0 fully saturated rings. The number of hydrogen-bond donors (Lipinski definition) is 2. The number of unbranched alkanes of at least 4 members (excludes halogenated alkanes) is 7. The molecule has 0 heterocycles. The minimum absolute atomic E-state index is 1.22. The lowest BCUT2D eigenvalue weighted by Crippen LogP contribution is -1.89. The molecule has 0 aliphatic heterocycles. The highest BCUT2D eigenvalue weighted by Crippen LogP contribution is 2.09. The quantitative estimate of drug-likeness (QED) is 0.483. The van der Waals surface area contributed by atoms with Crippen molar-refractivity contribution in [1.82, 2.24) is 0 Å². The van der Waals surface area contributed by atoms with Crippen molar-refractivity contribution >= 4 is 16.5 Å². The predicted octanol–water partition coefficient (Wildman–Crippen LogP) is 5.19. The molecule has 2 N–H and O–H groups in total. The van der Waals surface area contributed by atoms with Crippen LogP contribution in [0.5, 0.6) is 0 Å². The molecular weight excluding hydrogens is 300 g/mol. The van der Waals surface area contributed by atoms with E-state index in [4.69, 9.17) is 17.5 Å². The fourth-order valence-electron chi connectivity index (χ4n) is 2.00. The minimum atomic E-state index is -4.67. The zero-order valence-electron chi connectivity index (χ0n) is 13.3. The first-order valence-corrected chi connectivity index (χ1v) is 9.24. The number of benzene rings is 1. The lowest BCUT2D eigenvalue weighted by Gasteiger charge is -1.98. The van der Waals surface area contributed by atoms with Gasteiger partial charge in [-0.25, -0.2) is 0 Å². The molecule has 5 heteroatoms. The second kappa shape index (κ2) is 13.5. The standard InChI is InChI=1S/C17H26.H2O4S/c1-2-3-4-5-6-7-8-9-11-14-17-15-12-10-13-16-17;1-5(2,3)4/h10-16H,2-9H2,1H3;(H2,1,2,3,4). The Morgan fingerprint density at radius 1 is 0.909 bits per heavy atom. The Morgan fingerprint density at radius 2 is 1.41 bits per heavy atom. The van der Waals surface area contributed by atoms with Crippen molar-refractivity contribution in [1.29, 1.82) is 0 Å². The maximum Gasteiger partial charge on any atom is 0.394 e. The largest absolute Gasteiger partial charge is 0.394 e. The Bertz CT molecular complexity index is 473. The molecule has 1 rings (SSSR count). The van der Waals surface area contributed by atoms with E-state index in [-0.39, 0.29) is 0 Å². The molecule has 1 aromatic rings. The molecule has 22 heavy (non-hydrogen) atoms. The van der Waals surface area contributed by atoms with Crippen molar-refractivity contribution in [3.8, 4) is 0 Å². The van der Waals surface area contributed by atoms with Crippen LogP contribution < -0.4 is 0 Å². The third-order valence-corrected chi connectivity index (χ3v) is 3.08. The van der Waals surface area contributed by atoms with Crippen molar-refractivity contribution in [2.45, 2.75) is 58.3 Å². The van der Waals surface area contributed by atoms with Crippen LogP contribution in [0.1, 0.15) is 63.9 Å². The second-order valence-electron chi connectivity index (χ2n) is 5.17. The van der Waals surface area contributed by atoms with Gasteiger partial charge in [0.25, 0.3) is 0 Å². The van der Waals surface area contributed by atoms with Crippen molar-refractivity contribution in [3.05, 3.63) is 42.0 Å². The van der Waals surface area contributed by atoms with Gasteiger partial charge in [0, 0.05) is 0 Å². The molecule has 0 saturated heterocycles. The zero-order chi connectivity index (χ0) is 16.7. The monoisotopic (exact) mass is 328 g/mol. The van der Waals surface area contributed by atoms with E-state index in [0.717, 1.165) is 0 Å². The molecule has 126 valence electrons. The first kappa shape index (κ1) is 20.8. The Balaban J connectivity index is 0.000000763. The maximum atomic E-state index is 8.74. The van der Waals surface area contributed by atoms with Crippen LogP contribution in [0.2, 0.25) is 0 Å². The fourth-order valence-corrected chi connectivity index (χ4v) is 2.00. The summed E-state index contributed by atoms with van der Waals surface area (Å²) in [5.74, 6) is 0. The van der Waals surface area contributed by atoms with Crippen LogP contribution >= 0.6 is 0 Å². The SMILES string of the molecule is CCCCCCCCCC=Cc1ccccc1.O=S(=O)(O)O.